The summed E-state index contributed by atoms with van der Waals surface area (Å²) in [4.78, 5) is 0. The second-order valence-electron chi connectivity index (χ2n) is 8.93. The van der Waals surface area contributed by atoms with E-state index in [-0.39, 0.29) is 37.9 Å². The molecule has 0 aromatic carbocycles. The summed E-state index contributed by atoms with van der Waals surface area (Å²) >= 11 is 0. The summed E-state index contributed by atoms with van der Waals surface area (Å²) in [6.45, 7) is 4.99. The van der Waals surface area contributed by atoms with Gasteiger partial charge in [0.2, 0.25) is 0 Å². The highest BCUT2D eigenvalue weighted by molar-refractivity contribution is 4.90. The molecule has 0 aromatic rings. The zero-order chi connectivity index (χ0) is 19.6. The molecule has 0 bridgehead atoms. The van der Waals surface area contributed by atoms with Crippen LogP contribution in [0.4, 0.5) is 0 Å². The molecule has 5 nitrogen and oxygen atoms in total. The van der Waals surface area contributed by atoms with Gasteiger partial charge in [0.25, 0.3) is 0 Å². The van der Waals surface area contributed by atoms with E-state index in [1.54, 1.807) is 0 Å². The van der Waals surface area contributed by atoms with E-state index < -0.39 is 0 Å². The van der Waals surface area contributed by atoms with Crippen LogP contribution >= 0.6 is 0 Å². The van der Waals surface area contributed by atoms with Crippen molar-refractivity contribution in [2.45, 2.75) is 90.3 Å². The Bertz CT molecular complexity index is 316. The van der Waals surface area contributed by atoms with E-state index in [2.05, 4.69) is 13.8 Å². The van der Waals surface area contributed by atoms with Gasteiger partial charge in [-0.05, 0) is 81.5 Å². The van der Waals surface area contributed by atoms with Crippen LogP contribution in [-0.4, -0.2) is 57.6 Å². The smallest absolute Gasteiger partial charge is 0.0540 e. The maximum Gasteiger partial charge on any atom is 0.0540 e. The predicted molar refractivity (Wildman–Crippen MR) is 104 cm³/mol. The Hall–Kier alpha value is -0.200. The van der Waals surface area contributed by atoms with Gasteiger partial charge < -0.3 is 25.5 Å². The summed E-state index contributed by atoms with van der Waals surface area (Å²) in [7, 11) is 0. The topological polar surface area (TPSA) is 101 Å². The first kappa shape index (κ1) is 23.8. The van der Waals surface area contributed by atoms with E-state index in [0.717, 1.165) is 37.5 Å². The molecule has 2 fully saturated rings. The van der Waals surface area contributed by atoms with Gasteiger partial charge in [-0.3, -0.25) is 0 Å². The Morgan fingerprint density at radius 2 is 1.12 bits per heavy atom. The summed E-state index contributed by atoms with van der Waals surface area (Å²) in [6.07, 6.45) is 9.97. The van der Waals surface area contributed by atoms with Gasteiger partial charge in [-0.2, -0.15) is 0 Å². The van der Waals surface area contributed by atoms with Crippen molar-refractivity contribution >= 4 is 0 Å². The first-order valence-electron chi connectivity index (χ1n) is 10.5. The van der Waals surface area contributed by atoms with E-state index in [1.165, 1.54) is 25.7 Å². The standard InChI is InChI=1S/C15H28O2.C6H14O3/c1-15(2,11-3-7-13(16)8-4-11)12-5-9-14(17)10-6-12;7-3-1-2-6(4-8)5-9/h11-14,16-17H,3-10H2,1-2H3;6-9H,1-5H2. The highest BCUT2D eigenvalue weighted by Crippen LogP contribution is 2.48. The Labute approximate surface area is 159 Å². The van der Waals surface area contributed by atoms with Gasteiger partial charge in [0.05, 0.1) is 12.2 Å². The molecular weight excluding hydrogens is 332 g/mol. The van der Waals surface area contributed by atoms with Crippen LogP contribution in [0.2, 0.25) is 0 Å². The second kappa shape index (κ2) is 12.3. The minimum atomic E-state index is -0.0461. The molecule has 0 spiro atoms. The molecule has 2 rings (SSSR count). The molecule has 26 heavy (non-hydrogen) atoms. The minimum absolute atomic E-state index is 0.0104. The lowest BCUT2D eigenvalue weighted by molar-refractivity contribution is 0.00233. The molecule has 0 amide bonds. The van der Waals surface area contributed by atoms with Crippen molar-refractivity contribution in [3.63, 3.8) is 0 Å². The quantitative estimate of drug-likeness (QED) is 0.471. The molecule has 0 aromatic heterocycles. The van der Waals surface area contributed by atoms with Gasteiger partial charge in [0, 0.05) is 25.7 Å². The molecule has 2 aliphatic rings. The SMILES string of the molecule is CC(C)(C1CCC(O)CC1)C1CCC(O)CC1.OCCCC(CO)CO. The van der Waals surface area contributed by atoms with E-state index in [4.69, 9.17) is 15.3 Å². The number of aliphatic hydroxyl groups excluding tert-OH is 5. The zero-order valence-corrected chi connectivity index (χ0v) is 16.8. The molecule has 2 aliphatic carbocycles. The van der Waals surface area contributed by atoms with Crippen LogP contribution < -0.4 is 0 Å². The van der Waals surface area contributed by atoms with Crippen molar-refractivity contribution in [1.82, 2.24) is 0 Å². The monoisotopic (exact) mass is 374 g/mol. The van der Waals surface area contributed by atoms with Gasteiger partial charge in [-0.25, -0.2) is 0 Å². The molecular formula is C21H42O5. The van der Waals surface area contributed by atoms with E-state index in [9.17, 15) is 10.2 Å². The maximum atomic E-state index is 9.60. The van der Waals surface area contributed by atoms with Crippen molar-refractivity contribution in [2.24, 2.45) is 23.2 Å². The van der Waals surface area contributed by atoms with E-state index >= 15 is 0 Å². The molecule has 156 valence electrons. The number of rotatable bonds is 7. The van der Waals surface area contributed by atoms with Crippen LogP contribution in [0.3, 0.4) is 0 Å². The lowest BCUT2D eigenvalue weighted by Gasteiger charge is -2.46. The third-order valence-corrected chi connectivity index (χ3v) is 6.78. The molecule has 0 aliphatic heterocycles. The van der Waals surface area contributed by atoms with Crippen LogP contribution in [0.5, 0.6) is 0 Å². The summed E-state index contributed by atoms with van der Waals surface area (Å²) in [5.41, 5.74) is 0.389. The Morgan fingerprint density at radius 3 is 1.42 bits per heavy atom. The van der Waals surface area contributed by atoms with E-state index in [1.807, 2.05) is 0 Å². The molecule has 0 radical (unpaired) electrons. The molecule has 5 N–H and O–H groups in total. The lowest BCUT2D eigenvalue weighted by Crippen LogP contribution is -2.38. The average Bonchev–Trinajstić information content (AvgIpc) is 2.64. The molecule has 0 unspecified atom stereocenters. The first-order chi connectivity index (χ1) is 12.3. The van der Waals surface area contributed by atoms with Gasteiger partial charge in [0.1, 0.15) is 0 Å². The van der Waals surface area contributed by atoms with Crippen LogP contribution in [0.1, 0.15) is 78.1 Å². The fraction of sp³-hybridized carbons (Fsp3) is 1.00. The number of hydrogen-bond acceptors (Lipinski definition) is 5. The van der Waals surface area contributed by atoms with Crippen molar-refractivity contribution in [1.29, 1.82) is 0 Å². The van der Waals surface area contributed by atoms with Crippen LogP contribution in [0, 0.1) is 23.2 Å². The van der Waals surface area contributed by atoms with Crippen LogP contribution in [0.15, 0.2) is 0 Å². The summed E-state index contributed by atoms with van der Waals surface area (Å²) in [5.74, 6) is 1.49. The Balaban J connectivity index is 0.000000321. The highest BCUT2D eigenvalue weighted by atomic mass is 16.3. The fourth-order valence-electron chi connectivity index (χ4n) is 4.59. The predicted octanol–water partition coefficient (Wildman–Crippen LogP) is 2.47. The molecule has 0 saturated heterocycles. The summed E-state index contributed by atoms with van der Waals surface area (Å²) < 4.78 is 0. The molecule has 0 heterocycles. The van der Waals surface area contributed by atoms with Gasteiger partial charge in [-0.1, -0.05) is 13.8 Å². The fourth-order valence-corrected chi connectivity index (χ4v) is 4.59. The lowest BCUT2D eigenvalue weighted by atomic mass is 9.60. The van der Waals surface area contributed by atoms with Crippen molar-refractivity contribution in [3.8, 4) is 0 Å². The van der Waals surface area contributed by atoms with E-state index in [0.29, 0.717) is 18.3 Å². The zero-order valence-electron chi connectivity index (χ0n) is 16.8. The number of hydrogen-bond donors (Lipinski definition) is 5. The van der Waals surface area contributed by atoms with Gasteiger partial charge >= 0.3 is 0 Å². The molecule has 0 atom stereocenters. The normalized spacial score (nSPS) is 30.0. The van der Waals surface area contributed by atoms with Crippen molar-refractivity contribution in [3.05, 3.63) is 0 Å². The maximum absolute atomic E-state index is 9.60. The van der Waals surface area contributed by atoms with Crippen LogP contribution in [0.25, 0.3) is 0 Å². The molecule has 2 saturated carbocycles. The highest BCUT2D eigenvalue weighted by Gasteiger charge is 2.39. The number of aliphatic hydroxyl groups is 5. The first-order valence-corrected chi connectivity index (χ1v) is 10.5. The van der Waals surface area contributed by atoms with Crippen molar-refractivity contribution < 1.29 is 25.5 Å². The third kappa shape index (κ3) is 7.81. The third-order valence-electron chi connectivity index (χ3n) is 6.78. The summed E-state index contributed by atoms with van der Waals surface area (Å²) in [5, 5.41) is 44.6. The Kier molecular flexibility index (Phi) is 11.3. The van der Waals surface area contributed by atoms with Crippen molar-refractivity contribution in [2.75, 3.05) is 19.8 Å². The minimum Gasteiger partial charge on any atom is -0.396 e. The summed E-state index contributed by atoms with van der Waals surface area (Å²) in [6, 6.07) is 0. The Morgan fingerprint density at radius 1 is 0.731 bits per heavy atom. The second-order valence-corrected chi connectivity index (χ2v) is 8.93. The molecule has 5 heteroatoms. The average molecular weight is 375 g/mol. The van der Waals surface area contributed by atoms with Crippen LogP contribution in [-0.2, 0) is 0 Å². The largest absolute Gasteiger partial charge is 0.396 e. The van der Waals surface area contributed by atoms with Gasteiger partial charge in [0.15, 0.2) is 0 Å². The van der Waals surface area contributed by atoms with Gasteiger partial charge in [-0.15, -0.1) is 0 Å².